The molecule has 1 aromatic heterocycles. The minimum Gasteiger partial charge on any atom is -0.369 e. The number of hydrogen-bond donors (Lipinski definition) is 2. The molecule has 8 heteroatoms. The summed E-state index contributed by atoms with van der Waals surface area (Å²) >= 11 is 6.15. The molecule has 0 saturated carbocycles. The Morgan fingerprint density at radius 3 is 2.50 bits per heavy atom. The molecule has 3 N–H and O–H groups in total. The van der Waals surface area contributed by atoms with Crippen molar-refractivity contribution in [2.45, 2.75) is 13.3 Å². The molecule has 0 radical (unpaired) electrons. The SMILES string of the molecule is Cc1c(C(=O)NCC(Cc2ccccc2Cl)C(N)=O)nnn1-c1ccccc1. The summed E-state index contributed by atoms with van der Waals surface area (Å²) in [5, 5.41) is 11.3. The molecular formula is C20H20ClN5O2. The number of hydrogen-bond acceptors (Lipinski definition) is 4. The predicted octanol–water partition coefficient (Wildman–Crippen LogP) is 2.30. The van der Waals surface area contributed by atoms with E-state index >= 15 is 0 Å². The van der Waals surface area contributed by atoms with Gasteiger partial charge < -0.3 is 11.1 Å². The van der Waals surface area contributed by atoms with Gasteiger partial charge in [0.1, 0.15) is 0 Å². The Balaban J connectivity index is 1.69. The maximum Gasteiger partial charge on any atom is 0.273 e. The van der Waals surface area contributed by atoms with Gasteiger partial charge in [0, 0.05) is 11.6 Å². The van der Waals surface area contributed by atoms with Crippen LogP contribution in [-0.4, -0.2) is 33.4 Å². The average molecular weight is 398 g/mol. The van der Waals surface area contributed by atoms with Gasteiger partial charge in [-0.25, -0.2) is 4.68 Å². The normalized spacial score (nSPS) is 11.8. The molecule has 7 nitrogen and oxygen atoms in total. The molecule has 144 valence electrons. The lowest BCUT2D eigenvalue weighted by Crippen LogP contribution is -2.37. The van der Waals surface area contributed by atoms with Gasteiger partial charge in [-0.3, -0.25) is 9.59 Å². The van der Waals surface area contributed by atoms with Crippen molar-refractivity contribution in [3.8, 4) is 5.69 Å². The summed E-state index contributed by atoms with van der Waals surface area (Å²) in [5.41, 5.74) is 7.91. The molecule has 1 atom stereocenters. The Morgan fingerprint density at radius 2 is 1.82 bits per heavy atom. The molecule has 3 rings (SSSR count). The second-order valence-corrected chi connectivity index (χ2v) is 6.78. The molecule has 1 unspecified atom stereocenters. The van der Waals surface area contributed by atoms with Crippen LogP contribution in [-0.2, 0) is 11.2 Å². The molecule has 1 heterocycles. The van der Waals surface area contributed by atoms with Crippen molar-refractivity contribution in [3.05, 3.63) is 76.6 Å². The highest BCUT2D eigenvalue weighted by Crippen LogP contribution is 2.19. The number of rotatable bonds is 7. The van der Waals surface area contributed by atoms with Crippen LogP contribution in [0.3, 0.4) is 0 Å². The largest absolute Gasteiger partial charge is 0.369 e. The fourth-order valence-electron chi connectivity index (χ4n) is 2.86. The quantitative estimate of drug-likeness (QED) is 0.638. The van der Waals surface area contributed by atoms with Crippen LogP contribution in [0.2, 0.25) is 5.02 Å². The molecular weight excluding hydrogens is 378 g/mol. The Morgan fingerprint density at radius 1 is 1.14 bits per heavy atom. The molecule has 0 aliphatic carbocycles. The van der Waals surface area contributed by atoms with Crippen LogP contribution < -0.4 is 11.1 Å². The number of amides is 2. The molecule has 0 fully saturated rings. The van der Waals surface area contributed by atoms with Gasteiger partial charge in [-0.15, -0.1) is 5.10 Å². The second kappa shape index (κ2) is 8.67. The topological polar surface area (TPSA) is 103 Å². The average Bonchev–Trinajstić information content (AvgIpc) is 3.08. The van der Waals surface area contributed by atoms with Crippen LogP contribution >= 0.6 is 11.6 Å². The highest BCUT2D eigenvalue weighted by atomic mass is 35.5. The van der Waals surface area contributed by atoms with E-state index in [1.165, 1.54) is 0 Å². The Kier molecular flexibility index (Phi) is 6.06. The van der Waals surface area contributed by atoms with Crippen LogP contribution in [0.1, 0.15) is 21.7 Å². The highest BCUT2D eigenvalue weighted by Gasteiger charge is 2.22. The molecule has 0 saturated heterocycles. The zero-order valence-corrected chi connectivity index (χ0v) is 16.1. The van der Waals surface area contributed by atoms with Gasteiger partial charge in [-0.2, -0.15) is 0 Å². The predicted molar refractivity (Wildman–Crippen MR) is 106 cm³/mol. The van der Waals surface area contributed by atoms with Crippen molar-refractivity contribution in [2.24, 2.45) is 11.7 Å². The summed E-state index contributed by atoms with van der Waals surface area (Å²) in [7, 11) is 0. The third-order valence-corrected chi connectivity index (χ3v) is 4.81. The van der Waals surface area contributed by atoms with Gasteiger partial charge in [0.2, 0.25) is 5.91 Å². The number of nitrogens with one attached hydrogen (secondary N) is 1. The van der Waals surface area contributed by atoms with Gasteiger partial charge in [0.15, 0.2) is 5.69 Å². The first-order valence-corrected chi connectivity index (χ1v) is 9.14. The first kappa shape index (κ1) is 19.6. The number of carbonyl (C=O) groups is 2. The lowest BCUT2D eigenvalue weighted by Gasteiger charge is -2.15. The van der Waals surface area contributed by atoms with E-state index in [1.54, 1.807) is 17.7 Å². The maximum absolute atomic E-state index is 12.6. The lowest BCUT2D eigenvalue weighted by molar-refractivity contribution is -0.121. The van der Waals surface area contributed by atoms with E-state index in [0.29, 0.717) is 17.1 Å². The van der Waals surface area contributed by atoms with Crippen LogP contribution in [0.25, 0.3) is 5.69 Å². The van der Waals surface area contributed by atoms with Gasteiger partial charge >= 0.3 is 0 Å². The first-order valence-electron chi connectivity index (χ1n) is 8.76. The van der Waals surface area contributed by atoms with Gasteiger partial charge in [-0.05, 0) is 37.1 Å². The number of para-hydroxylation sites is 1. The third-order valence-electron chi connectivity index (χ3n) is 4.45. The maximum atomic E-state index is 12.6. The minimum absolute atomic E-state index is 0.0804. The number of nitrogens with zero attached hydrogens (tertiary/aromatic N) is 3. The molecule has 0 aliphatic heterocycles. The van der Waals surface area contributed by atoms with Gasteiger partial charge in [0.05, 0.1) is 17.3 Å². The van der Waals surface area contributed by atoms with E-state index in [4.69, 9.17) is 17.3 Å². The van der Waals surface area contributed by atoms with E-state index < -0.39 is 17.7 Å². The third kappa shape index (κ3) is 4.37. The summed E-state index contributed by atoms with van der Waals surface area (Å²) < 4.78 is 1.59. The number of benzene rings is 2. The molecule has 3 aromatic rings. The number of nitrogens with two attached hydrogens (primary N) is 1. The van der Waals surface area contributed by atoms with Crippen molar-refractivity contribution in [1.82, 2.24) is 20.3 Å². The Hall–Kier alpha value is -3.19. The Labute approximate surface area is 167 Å². The number of aromatic nitrogens is 3. The van der Waals surface area contributed by atoms with E-state index in [1.807, 2.05) is 48.5 Å². The summed E-state index contributed by atoms with van der Waals surface area (Å²) in [4.78, 5) is 24.4. The van der Waals surface area contributed by atoms with Crippen molar-refractivity contribution in [2.75, 3.05) is 6.54 Å². The zero-order valence-electron chi connectivity index (χ0n) is 15.3. The van der Waals surface area contributed by atoms with Crippen molar-refractivity contribution >= 4 is 23.4 Å². The molecule has 0 spiro atoms. The molecule has 0 bridgehead atoms. The fourth-order valence-corrected chi connectivity index (χ4v) is 3.07. The minimum atomic E-state index is -0.590. The van der Waals surface area contributed by atoms with E-state index in [0.717, 1.165) is 11.3 Å². The van der Waals surface area contributed by atoms with Crippen LogP contribution in [0.4, 0.5) is 0 Å². The number of halogens is 1. The fraction of sp³-hybridized carbons (Fsp3) is 0.200. The molecule has 2 aromatic carbocycles. The second-order valence-electron chi connectivity index (χ2n) is 6.38. The van der Waals surface area contributed by atoms with Gasteiger partial charge in [-0.1, -0.05) is 53.2 Å². The zero-order chi connectivity index (χ0) is 20.1. The highest BCUT2D eigenvalue weighted by molar-refractivity contribution is 6.31. The standard InChI is InChI=1S/C20H20ClN5O2/c1-13-18(24-25-26(13)16-8-3-2-4-9-16)20(28)23-12-15(19(22)27)11-14-7-5-6-10-17(14)21/h2-10,15H,11-12H2,1H3,(H2,22,27)(H,23,28). The Bertz CT molecular complexity index is 987. The summed E-state index contributed by atoms with van der Waals surface area (Å²) in [5.74, 6) is -1.51. The van der Waals surface area contributed by atoms with Crippen LogP contribution in [0.5, 0.6) is 0 Å². The first-order chi connectivity index (χ1) is 13.5. The summed E-state index contributed by atoms with van der Waals surface area (Å²) in [6, 6.07) is 16.6. The summed E-state index contributed by atoms with van der Waals surface area (Å²) in [6.45, 7) is 1.84. The smallest absolute Gasteiger partial charge is 0.273 e. The van der Waals surface area contributed by atoms with Crippen molar-refractivity contribution < 1.29 is 9.59 Å². The van der Waals surface area contributed by atoms with E-state index in [-0.39, 0.29) is 12.2 Å². The molecule has 28 heavy (non-hydrogen) atoms. The number of primary amides is 1. The van der Waals surface area contributed by atoms with E-state index in [2.05, 4.69) is 15.6 Å². The monoisotopic (exact) mass is 397 g/mol. The van der Waals surface area contributed by atoms with Gasteiger partial charge in [0.25, 0.3) is 5.91 Å². The van der Waals surface area contributed by atoms with E-state index in [9.17, 15) is 9.59 Å². The van der Waals surface area contributed by atoms with Crippen molar-refractivity contribution in [1.29, 1.82) is 0 Å². The van der Waals surface area contributed by atoms with Crippen LogP contribution in [0, 0.1) is 12.8 Å². The number of carbonyl (C=O) groups excluding carboxylic acids is 2. The van der Waals surface area contributed by atoms with Crippen LogP contribution in [0.15, 0.2) is 54.6 Å². The lowest BCUT2D eigenvalue weighted by atomic mass is 9.98. The summed E-state index contributed by atoms with van der Waals surface area (Å²) in [6.07, 6.45) is 0.338. The van der Waals surface area contributed by atoms with Crippen molar-refractivity contribution in [3.63, 3.8) is 0 Å². The molecule has 0 aliphatic rings. The molecule has 2 amide bonds.